The van der Waals surface area contributed by atoms with Crippen molar-refractivity contribution < 1.29 is 9.53 Å². The maximum atomic E-state index is 11.9. The van der Waals surface area contributed by atoms with E-state index in [0.29, 0.717) is 25.5 Å². The summed E-state index contributed by atoms with van der Waals surface area (Å²) in [5, 5.41) is 0. The quantitative estimate of drug-likeness (QED) is 0.866. The summed E-state index contributed by atoms with van der Waals surface area (Å²) in [6.07, 6.45) is 1.50. The number of fused-ring (bicyclic) bond motifs is 1. The Morgan fingerprint density at radius 2 is 2.29 bits per heavy atom. The largest absolute Gasteiger partial charge is 0.493 e. The van der Waals surface area contributed by atoms with Gasteiger partial charge < -0.3 is 10.5 Å². The van der Waals surface area contributed by atoms with Crippen LogP contribution >= 0.6 is 0 Å². The van der Waals surface area contributed by atoms with Crippen molar-refractivity contribution in [1.82, 2.24) is 0 Å². The van der Waals surface area contributed by atoms with Crippen LogP contribution in [0.1, 0.15) is 31.2 Å². The number of Topliss-reactive ketones (excluding diaryl/α,β-unsaturated/α-hetero) is 1. The molecule has 3 nitrogen and oxygen atoms in total. The van der Waals surface area contributed by atoms with E-state index in [9.17, 15) is 4.79 Å². The Morgan fingerprint density at radius 3 is 3.06 bits per heavy atom. The number of carbonyl (C=O) groups excluding carboxylic acids is 1. The molecule has 1 aromatic carbocycles. The molecule has 2 atom stereocenters. The van der Waals surface area contributed by atoms with Crippen molar-refractivity contribution in [2.75, 3.05) is 13.2 Å². The molecule has 92 valence electrons. The van der Waals surface area contributed by atoms with Gasteiger partial charge in [-0.3, -0.25) is 4.79 Å². The summed E-state index contributed by atoms with van der Waals surface area (Å²) >= 11 is 0. The molecule has 2 N–H and O–H groups in total. The van der Waals surface area contributed by atoms with E-state index in [1.165, 1.54) is 0 Å². The molecule has 2 rings (SSSR count). The third-order valence-corrected chi connectivity index (χ3v) is 3.43. The molecule has 0 aliphatic carbocycles. The van der Waals surface area contributed by atoms with E-state index in [-0.39, 0.29) is 11.7 Å². The van der Waals surface area contributed by atoms with Gasteiger partial charge in [-0.2, -0.15) is 0 Å². The SMILES string of the molecule is CC(CN)C(=O)CC1CCOc2ccccc21. The van der Waals surface area contributed by atoms with Gasteiger partial charge in [0.05, 0.1) is 6.61 Å². The molecule has 0 fully saturated rings. The van der Waals surface area contributed by atoms with Crippen LogP contribution in [0.3, 0.4) is 0 Å². The average molecular weight is 233 g/mol. The van der Waals surface area contributed by atoms with Gasteiger partial charge in [-0.25, -0.2) is 0 Å². The van der Waals surface area contributed by atoms with Gasteiger partial charge in [0.2, 0.25) is 0 Å². The van der Waals surface area contributed by atoms with Crippen LogP contribution in [0.4, 0.5) is 0 Å². The Balaban J connectivity index is 2.11. The summed E-state index contributed by atoms with van der Waals surface area (Å²) in [6.45, 7) is 3.03. The van der Waals surface area contributed by atoms with Crippen molar-refractivity contribution in [2.45, 2.75) is 25.7 Å². The predicted molar refractivity (Wildman–Crippen MR) is 67.1 cm³/mol. The predicted octanol–water partition coefficient (Wildman–Crippen LogP) is 2.11. The number of rotatable bonds is 4. The molecule has 0 saturated heterocycles. The van der Waals surface area contributed by atoms with Crippen LogP contribution in [-0.4, -0.2) is 18.9 Å². The summed E-state index contributed by atoms with van der Waals surface area (Å²) < 4.78 is 5.59. The van der Waals surface area contributed by atoms with Gasteiger partial charge in [0.15, 0.2) is 0 Å². The summed E-state index contributed by atoms with van der Waals surface area (Å²) in [6, 6.07) is 7.99. The lowest BCUT2D eigenvalue weighted by molar-refractivity contribution is -0.122. The molecule has 1 aliphatic heterocycles. The van der Waals surface area contributed by atoms with Crippen LogP contribution in [0.5, 0.6) is 5.75 Å². The number of benzene rings is 1. The molecular weight excluding hydrogens is 214 g/mol. The molecule has 2 unspecified atom stereocenters. The van der Waals surface area contributed by atoms with Crippen LogP contribution in [0, 0.1) is 5.92 Å². The minimum Gasteiger partial charge on any atom is -0.493 e. The van der Waals surface area contributed by atoms with E-state index < -0.39 is 0 Å². The maximum absolute atomic E-state index is 11.9. The number of carbonyl (C=O) groups is 1. The molecule has 1 aromatic rings. The highest BCUT2D eigenvalue weighted by Gasteiger charge is 2.24. The minimum absolute atomic E-state index is 0.0370. The summed E-state index contributed by atoms with van der Waals surface area (Å²) in [5.74, 6) is 1.44. The second-order valence-electron chi connectivity index (χ2n) is 4.68. The molecule has 3 heteroatoms. The molecular formula is C14H19NO2. The van der Waals surface area contributed by atoms with Gasteiger partial charge in [-0.15, -0.1) is 0 Å². The highest BCUT2D eigenvalue weighted by molar-refractivity contribution is 5.81. The Hall–Kier alpha value is -1.35. The Kier molecular flexibility index (Phi) is 3.79. The number of para-hydroxylation sites is 1. The fourth-order valence-electron chi connectivity index (χ4n) is 2.20. The van der Waals surface area contributed by atoms with Crippen molar-refractivity contribution in [3.63, 3.8) is 0 Å². The molecule has 0 saturated carbocycles. The first kappa shape index (κ1) is 12.1. The van der Waals surface area contributed by atoms with Crippen molar-refractivity contribution >= 4 is 5.78 Å². The molecule has 0 radical (unpaired) electrons. The molecule has 17 heavy (non-hydrogen) atoms. The van der Waals surface area contributed by atoms with Gasteiger partial charge in [-0.05, 0) is 24.0 Å². The van der Waals surface area contributed by atoms with Gasteiger partial charge in [0.25, 0.3) is 0 Å². The molecule has 1 aliphatic rings. The zero-order chi connectivity index (χ0) is 12.3. The second-order valence-corrected chi connectivity index (χ2v) is 4.68. The van der Waals surface area contributed by atoms with E-state index in [1.807, 2.05) is 25.1 Å². The zero-order valence-electron chi connectivity index (χ0n) is 10.2. The number of nitrogens with two attached hydrogens (primary N) is 1. The van der Waals surface area contributed by atoms with Crippen molar-refractivity contribution in [3.05, 3.63) is 29.8 Å². The van der Waals surface area contributed by atoms with Crippen LogP contribution in [-0.2, 0) is 4.79 Å². The first-order valence-corrected chi connectivity index (χ1v) is 6.17. The Labute approximate surface area is 102 Å². The van der Waals surface area contributed by atoms with Crippen LogP contribution in [0.2, 0.25) is 0 Å². The van der Waals surface area contributed by atoms with E-state index in [0.717, 1.165) is 17.7 Å². The summed E-state index contributed by atoms with van der Waals surface area (Å²) in [7, 11) is 0. The zero-order valence-corrected chi connectivity index (χ0v) is 10.2. The third kappa shape index (κ3) is 2.67. The first-order valence-electron chi connectivity index (χ1n) is 6.17. The van der Waals surface area contributed by atoms with E-state index in [2.05, 4.69) is 6.07 Å². The number of ether oxygens (including phenoxy) is 1. The number of hydrogen-bond acceptors (Lipinski definition) is 3. The lowest BCUT2D eigenvalue weighted by atomic mass is 9.86. The van der Waals surface area contributed by atoms with Crippen LogP contribution in [0.25, 0.3) is 0 Å². The van der Waals surface area contributed by atoms with Gasteiger partial charge in [0, 0.05) is 18.9 Å². The van der Waals surface area contributed by atoms with Crippen LogP contribution < -0.4 is 10.5 Å². The topological polar surface area (TPSA) is 52.3 Å². The molecule has 0 spiro atoms. The maximum Gasteiger partial charge on any atom is 0.137 e. The van der Waals surface area contributed by atoms with Crippen molar-refractivity contribution in [1.29, 1.82) is 0 Å². The van der Waals surface area contributed by atoms with Gasteiger partial charge in [-0.1, -0.05) is 25.1 Å². The number of hydrogen-bond donors (Lipinski definition) is 1. The smallest absolute Gasteiger partial charge is 0.137 e. The molecule has 1 heterocycles. The second kappa shape index (κ2) is 5.32. The van der Waals surface area contributed by atoms with Gasteiger partial charge >= 0.3 is 0 Å². The third-order valence-electron chi connectivity index (χ3n) is 3.43. The fourth-order valence-corrected chi connectivity index (χ4v) is 2.20. The van der Waals surface area contributed by atoms with E-state index in [4.69, 9.17) is 10.5 Å². The molecule has 0 bridgehead atoms. The van der Waals surface area contributed by atoms with Crippen molar-refractivity contribution in [2.24, 2.45) is 11.7 Å². The summed E-state index contributed by atoms with van der Waals surface area (Å²) in [5.41, 5.74) is 6.69. The molecule has 0 amide bonds. The normalized spacial score (nSPS) is 20.2. The lowest BCUT2D eigenvalue weighted by Gasteiger charge is -2.26. The van der Waals surface area contributed by atoms with E-state index >= 15 is 0 Å². The monoisotopic (exact) mass is 233 g/mol. The van der Waals surface area contributed by atoms with Crippen LogP contribution in [0.15, 0.2) is 24.3 Å². The van der Waals surface area contributed by atoms with Crippen molar-refractivity contribution in [3.8, 4) is 5.75 Å². The Morgan fingerprint density at radius 1 is 1.53 bits per heavy atom. The lowest BCUT2D eigenvalue weighted by Crippen LogP contribution is -2.24. The first-order chi connectivity index (χ1) is 8.22. The highest BCUT2D eigenvalue weighted by atomic mass is 16.5. The average Bonchev–Trinajstić information content (AvgIpc) is 2.38. The highest BCUT2D eigenvalue weighted by Crippen LogP contribution is 2.35. The van der Waals surface area contributed by atoms with E-state index in [1.54, 1.807) is 0 Å². The van der Waals surface area contributed by atoms with Gasteiger partial charge in [0.1, 0.15) is 11.5 Å². The standard InChI is InChI=1S/C14H19NO2/c1-10(9-15)13(16)8-11-6-7-17-14-5-3-2-4-12(11)14/h2-5,10-11H,6-9,15H2,1H3. The Bertz CT molecular complexity index is 403. The number of ketones is 1. The molecule has 0 aromatic heterocycles. The minimum atomic E-state index is -0.0370. The fraction of sp³-hybridized carbons (Fsp3) is 0.500. The summed E-state index contributed by atoms with van der Waals surface area (Å²) in [4.78, 5) is 11.9.